The van der Waals surface area contributed by atoms with Crippen molar-refractivity contribution in [3.63, 3.8) is 0 Å². The van der Waals surface area contributed by atoms with E-state index in [1.807, 2.05) is 30.3 Å². The van der Waals surface area contributed by atoms with Crippen LogP contribution in [0.2, 0.25) is 0 Å². The second-order valence-electron chi connectivity index (χ2n) is 2.83. The maximum atomic E-state index is 3.72. The molecule has 0 aliphatic carbocycles. The van der Waals surface area contributed by atoms with Gasteiger partial charge in [0.1, 0.15) is 0 Å². The molecular weight excluding hydrogens is 246 g/mol. The van der Waals surface area contributed by atoms with E-state index in [1.165, 1.54) is 0 Å². The van der Waals surface area contributed by atoms with Gasteiger partial charge in [-0.3, -0.25) is 0 Å². The molecule has 1 aromatic carbocycles. The molecule has 0 aliphatic heterocycles. The van der Waals surface area contributed by atoms with Crippen LogP contribution in [0.1, 0.15) is 5.56 Å². The first-order chi connectivity index (χ1) is 7.64. The number of nitrogens with zero attached hydrogens (tertiary/aromatic N) is 3. The Kier molecular flexibility index (Phi) is 44.5. The molecule has 0 heterocycles. The Balaban J connectivity index is -0.0000000734. The van der Waals surface area contributed by atoms with Crippen molar-refractivity contribution in [3.05, 3.63) is 58.8 Å². The summed E-state index contributed by atoms with van der Waals surface area (Å²) in [6, 6.07) is 9.87. The molecule has 0 saturated heterocycles. The first kappa shape index (κ1) is 25.5. The number of rotatable bonds is 0. The molecular formula is C13H25N3Ti. The monoisotopic (exact) mass is 271 g/mol. The van der Waals surface area contributed by atoms with Crippen molar-refractivity contribution < 1.29 is 21.7 Å². The molecule has 0 spiro atoms. The predicted molar refractivity (Wildman–Crippen MR) is 76.5 cm³/mol. The molecule has 0 amide bonds. The van der Waals surface area contributed by atoms with Crippen LogP contribution in [0.4, 0.5) is 0 Å². The molecule has 0 fully saturated rings. The molecule has 1 rings (SSSR count). The molecule has 0 saturated carbocycles. The Morgan fingerprint density at radius 3 is 1.06 bits per heavy atom. The molecule has 4 heteroatoms. The zero-order valence-electron chi connectivity index (χ0n) is 11.9. The van der Waals surface area contributed by atoms with Crippen molar-refractivity contribution in [2.24, 2.45) is 0 Å². The van der Waals surface area contributed by atoms with Crippen LogP contribution in [0.15, 0.2) is 30.3 Å². The standard InChI is InChI=1S/C7H7.3C2H6N.Ti/c1-7-5-3-2-4-6-7;3*1-3-2;/h2-6H,1H2;3*1-2H3;/q4*-1;+4. The average molecular weight is 271 g/mol. The average Bonchev–Trinajstić information content (AvgIpc) is 2.22. The molecule has 0 bridgehead atoms. The minimum atomic E-state index is 0. The number of hydrogen-bond acceptors (Lipinski definition) is 0. The van der Waals surface area contributed by atoms with E-state index in [1.54, 1.807) is 42.3 Å². The number of hydrogen-bond donors (Lipinski definition) is 0. The summed E-state index contributed by atoms with van der Waals surface area (Å²) in [6.45, 7) is 3.72. The van der Waals surface area contributed by atoms with E-state index < -0.39 is 0 Å². The van der Waals surface area contributed by atoms with Crippen molar-refractivity contribution in [1.29, 1.82) is 0 Å². The van der Waals surface area contributed by atoms with Gasteiger partial charge in [0.25, 0.3) is 0 Å². The third kappa shape index (κ3) is 49.7. The van der Waals surface area contributed by atoms with Gasteiger partial charge in [-0.15, -0.1) is 12.1 Å². The molecule has 0 radical (unpaired) electrons. The third-order valence-corrected chi connectivity index (χ3v) is 0.843. The fourth-order valence-electron chi connectivity index (χ4n) is 0.478. The van der Waals surface area contributed by atoms with E-state index in [0.29, 0.717) is 0 Å². The minimum absolute atomic E-state index is 0. The van der Waals surface area contributed by atoms with Gasteiger partial charge in [-0.25, -0.2) is 0 Å². The molecule has 0 aliphatic rings. The summed E-state index contributed by atoms with van der Waals surface area (Å²) >= 11 is 0. The van der Waals surface area contributed by atoms with Crippen LogP contribution < -0.4 is 0 Å². The van der Waals surface area contributed by atoms with Gasteiger partial charge in [-0.05, 0) is 0 Å². The summed E-state index contributed by atoms with van der Waals surface area (Å²) in [6.07, 6.45) is 0. The Morgan fingerprint density at radius 2 is 0.941 bits per heavy atom. The van der Waals surface area contributed by atoms with Gasteiger partial charge in [0.05, 0.1) is 0 Å². The van der Waals surface area contributed by atoms with Gasteiger partial charge < -0.3 is 16.0 Å². The summed E-state index contributed by atoms with van der Waals surface area (Å²) in [7, 11) is 10.5. The van der Waals surface area contributed by atoms with Crippen molar-refractivity contribution in [2.45, 2.75) is 0 Å². The van der Waals surface area contributed by atoms with E-state index in [0.717, 1.165) is 5.56 Å². The summed E-state index contributed by atoms with van der Waals surface area (Å²) in [5.74, 6) is 0. The van der Waals surface area contributed by atoms with Gasteiger partial charge in [-0.2, -0.15) is 66.9 Å². The second kappa shape index (κ2) is 29.6. The summed E-state index contributed by atoms with van der Waals surface area (Å²) in [5.41, 5.74) is 1.07. The molecule has 0 aromatic heterocycles. The largest absolute Gasteiger partial charge is 4.00 e. The number of benzene rings is 1. The van der Waals surface area contributed by atoms with Crippen LogP contribution in [0.3, 0.4) is 0 Å². The Morgan fingerprint density at radius 1 is 0.706 bits per heavy atom. The smallest absolute Gasteiger partial charge is 0.668 e. The van der Waals surface area contributed by atoms with Crippen LogP contribution in [0, 0.1) is 6.92 Å². The van der Waals surface area contributed by atoms with Crippen molar-refractivity contribution in [3.8, 4) is 0 Å². The van der Waals surface area contributed by atoms with Crippen molar-refractivity contribution in [2.75, 3.05) is 42.3 Å². The van der Waals surface area contributed by atoms with E-state index in [9.17, 15) is 0 Å². The second-order valence-corrected chi connectivity index (χ2v) is 2.83. The molecule has 96 valence electrons. The van der Waals surface area contributed by atoms with Gasteiger partial charge >= 0.3 is 21.7 Å². The van der Waals surface area contributed by atoms with Gasteiger partial charge in [0.15, 0.2) is 0 Å². The van der Waals surface area contributed by atoms with Crippen LogP contribution >= 0.6 is 0 Å². The SMILES string of the molecule is C[N-]C.C[N-]C.C[N-]C.[CH2-]c1ccccc1.[Ti+4]. The van der Waals surface area contributed by atoms with Gasteiger partial charge in [0, 0.05) is 0 Å². The summed E-state index contributed by atoms with van der Waals surface area (Å²) in [5, 5.41) is 10.5. The van der Waals surface area contributed by atoms with E-state index >= 15 is 0 Å². The quantitative estimate of drug-likeness (QED) is 0.510. The maximum Gasteiger partial charge on any atom is 4.00 e. The van der Waals surface area contributed by atoms with E-state index in [2.05, 4.69) is 22.9 Å². The molecule has 3 nitrogen and oxygen atoms in total. The van der Waals surface area contributed by atoms with Gasteiger partial charge in [-0.1, -0.05) is 6.07 Å². The Labute approximate surface area is 123 Å². The molecule has 1 aromatic rings. The van der Waals surface area contributed by atoms with Crippen LogP contribution in [0.25, 0.3) is 16.0 Å². The van der Waals surface area contributed by atoms with Gasteiger partial charge in [0.2, 0.25) is 0 Å². The third-order valence-electron chi connectivity index (χ3n) is 0.843. The first-order valence-electron chi connectivity index (χ1n) is 4.95. The van der Waals surface area contributed by atoms with Crippen LogP contribution in [0.5, 0.6) is 0 Å². The Bertz CT molecular complexity index is 177. The minimum Gasteiger partial charge on any atom is -0.668 e. The summed E-state index contributed by atoms with van der Waals surface area (Å²) in [4.78, 5) is 0. The molecule has 0 unspecified atom stereocenters. The summed E-state index contributed by atoms with van der Waals surface area (Å²) < 4.78 is 0. The zero-order chi connectivity index (χ0) is 13.2. The normalized spacial score (nSPS) is 6.71. The maximum absolute atomic E-state index is 3.72. The topological polar surface area (TPSA) is 42.3 Å². The van der Waals surface area contributed by atoms with Crippen molar-refractivity contribution in [1.82, 2.24) is 0 Å². The molecule has 17 heavy (non-hydrogen) atoms. The first-order valence-corrected chi connectivity index (χ1v) is 4.95. The molecule has 0 atom stereocenters. The van der Waals surface area contributed by atoms with E-state index in [4.69, 9.17) is 0 Å². The fraction of sp³-hybridized carbons (Fsp3) is 0.462. The fourth-order valence-corrected chi connectivity index (χ4v) is 0.478. The van der Waals surface area contributed by atoms with Crippen molar-refractivity contribution >= 4 is 0 Å². The predicted octanol–water partition coefficient (Wildman–Crippen LogP) is 3.73. The molecule has 0 N–H and O–H groups in total. The Hall–Kier alpha value is -0.316. The van der Waals surface area contributed by atoms with E-state index in [-0.39, 0.29) is 21.7 Å². The van der Waals surface area contributed by atoms with Crippen LogP contribution in [-0.2, 0) is 21.7 Å². The van der Waals surface area contributed by atoms with Crippen LogP contribution in [-0.4, -0.2) is 42.3 Å². The zero-order valence-corrected chi connectivity index (χ0v) is 13.5.